The number of carbonyl (C=O) groups is 1. The fourth-order valence-electron chi connectivity index (χ4n) is 3.35. The summed E-state index contributed by atoms with van der Waals surface area (Å²) in [6, 6.07) is 18.1. The summed E-state index contributed by atoms with van der Waals surface area (Å²) in [4.78, 5) is 14.8. The van der Waals surface area contributed by atoms with Gasteiger partial charge in [-0.2, -0.15) is 0 Å². The van der Waals surface area contributed by atoms with E-state index in [1.807, 2.05) is 37.3 Å². The van der Waals surface area contributed by atoms with E-state index >= 15 is 0 Å². The Labute approximate surface area is 156 Å². The average Bonchev–Trinajstić information content (AvgIpc) is 2.97. The second kappa shape index (κ2) is 9.27. The van der Waals surface area contributed by atoms with Crippen molar-refractivity contribution in [1.82, 2.24) is 5.32 Å². The second-order valence-corrected chi connectivity index (χ2v) is 7.02. The predicted molar refractivity (Wildman–Crippen MR) is 108 cm³/mol. The number of hydrogen-bond acceptors (Lipinski definition) is 3. The molecule has 0 unspecified atom stereocenters. The standard InChI is InChI=1S/C22H29N3O/c1-18(22(26)23-17-19-9-5-4-6-10-19)24-20-11-13-21(14-12-20)25-15-7-2-3-8-16-25/h4-6,9-14,18,24H,2-3,7-8,15-17H2,1H3,(H,23,26)/t18-/m1/s1. The molecule has 138 valence electrons. The molecule has 1 heterocycles. The molecular formula is C22H29N3O. The maximum Gasteiger partial charge on any atom is 0.242 e. The Kier molecular flexibility index (Phi) is 6.53. The molecule has 0 aromatic heterocycles. The van der Waals surface area contributed by atoms with Crippen LogP contribution in [0.3, 0.4) is 0 Å². The molecule has 3 rings (SSSR count). The van der Waals surface area contributed by atoms with Crippen LogP contribution in [-0.2, 0) is 11.3 Å². The monoisotopic (exact) mass is 351 g/mol. The summed E-state index contributed by atoms with van der Waals surface area (Å²) >= 11 is 0. The van der Waals surface area contributed by atoms with Crippen LogP contribution in [0.25, 0.3) is 0 Å². The lowest BCUT2D eigenvalue weighted by Crippen LogP contribution is -2.37. The first-order valence-corrected chi connectivity index (χ1v) is 9.65. The number of nitrogens with one attached hydrogen (secondary N) is 2. The van der Waals surface area contributed by atoms with Crippen LogP contribution in [-0.4, -0.2) is 25.0 Å². The maximum absolute atomic E-state index is 12.3. The highest BCUT2D eigenvalue weighted by Crippen LogP contribution is 2.21. The van der Waals surface area contributed by atoms with Gasteiger partial charge in [-0.15, -0.1) is 0 Å². The summed E-state index contributed by atoms with van der Waals surface area (Å²) in [7, 11) is 0. The summed E-state index contributed by atoms with van der Waals surface area (Å²) in [6.45, 7) is 4.73. The molecule has 1 fully saturated rings. The molecule has 1 aliphatic rings. The number of carbonyl (C=O) groups excluding carboxylic acids is 1. The van der Waals surface area contributed by atoms with Gasteiger partial charge < -0.3 is 15.5 Å². The first kappa shape index (κ1) is 18.3. The van der Waals surface area contributed by atoms with Crippen LogP contribution in [0.4, 0.5) is 11.4 Å². The summed E-state index contributed by atoms with van der Waals surface area (Å²) in [6.07, 6.45) is 5.23. The van der Waals surface area contributed by atoms with E-state index in [2.05, 4.69) is 39.8 Å². The van der Waals surface area contributed by atoms with Gasteiger partial charge in [0.15, 0.2) is 0 Å². The SMILES string of the molecule is C[C@@H](Nc1ccc(N2CCCCCC2)cc1)C(=O)NCc1ccccc1. The van der Waals surface area contributed by atoms with Crippen molar-refractivity contribution < 1.29 is 4.79 Å². The van der Waals surface area contributed by atoms with Gasteiger partial charge in [-0.25, -0.2) is 0 Å². The number of amides is 1. The minimum absolute atomic E-state index is 0.00504. The Morgan fingerprint density at radius 1 is 0.962 bits per heavy atom. The van der Waals surface area contributed by atoms with E-state index in [9.17, 15) is 4.79 Å². The molecule has 1 saturated heterocycles. The third-order valence-corrected chi connectivity index (χ3v) is 4.92. The Hall–Kier alpha value is -2.49. The molecule has 2 aromatic rings. The fraction of sp³-hybridized carbons (Fsp3) is 0.409. The Bertz CT molecular complexity index is 676. The van der Waals surface area contributed by atoms with Crippen molar-refractivity contribution in [3.8, 4) is 0 Å². The molecule has 0 radical (unpaired) electrons. The lowest BCUT2D eigenvalue weighted by molar-refractivity contribution is -0.121. The summed E-state index contributed by atoms with van der Waals surface area (Å²) < 4.78 is 0. The third kappa shape index (κ3) is 5.25. The van der Waals surface area contributed by atoms with Crippen LogP contribution in [0, 0.1) is 0 Å². The number of rotatable bonds is 6. The molecule has 4 nitrogen and oxygen atoms in total. The zero-order valence-electron chi connectivity index (χ0n) is 15.6. The number of benzene rings is 2. The number of hydrogen-bond donors (Lipinski definition) is 2. The van der Waals surface area contributed by atoms with Gasteiger partial charge >= 0.3 is 0 Å². The van der Waals surface area contributed by atoms with E-state index in [0.29, 0.717) is 6.54 Å². The molecule has 0 aliphatic carbocycles. The third-order valence-electron chi connectivity index (χ3n) is 4.92. The molecule has 1 aliphatic heterocycles. The van der Waals surface area contributed by atoms with E-state index in [1.54, 1.807) is 0 Å². The van der Waals surface area contributed by atoms with E-state index in [1.165, 1.54) is 31.4 Å². The second-order valence-electron chi connectivity index (χ2n) is 7.02. The molecular weight excluding hydrogens is 322 g/mol. The highest BCUT2D eigenvalue weighted by molar-refractivity contribution is 5.84. The van der Waals surface area contributed by atoms with Gasteiger partial charge in [-0.05, 0) is 49.6 Å². The summed E-state index contributed by atoms with van der Waals surface area (Å²) in [5.41, 5.74) is 3.36. The van der Waals surface area contributed by atoms with Gasteiger partial charge in [-0.1, -0.05) is 43.2 Å². The first-order chi connectivity index (χ1) is 12.7. The molecule has 26 heavy (non-hydrogen) atoms. The van der Waals surface area contributed by atoms with Crippen LogP contribution in [0.2, 0.25) is 0 Å². The summed E-state index contributed by atoms with van der Waals surface area (Å²) in [5, 5.41) is 6.27. The van der Waals surface area contributed by atoms with E-state index in [-0.39, 0.29) is 11.9 Å². The van der Waals surface area contributed by atoms with Crippen molar-refractivity contribution in [2.24, 2.45) is 0 Å². The van der Waals surface area contributed by atoms with Gasteiger partial charge in [0.25, 0.3) is 0 Å². The lowest BCUT2D eigenvalue weighted by Gasteiger charge is -2.23. The molecule has 2 N–H and O–H groups in total. The van der Waals surface area contributed by atoms with Gasteiger partial charge in [0.2, 0.25) is 5.91 Å². The van der Waals surface area contributed by atoms with Crippen molar-refractivity contribution in [1.29, 1.82) is 0 Å². The zero-order chi connectivity index (χ0) is 18.2. The number of anilines is 2. The van der Waals surface area contributed by atoms with Gasteiger partial charge in [0.05, 0.1) is 0 Å². The quantitative estimate of drug-likeness (QED) is 0.820. The molecule has 1 atom stereocenters. The van der Waals surface area contributed by atoms with E-state index < -0.39 is 0 Å². The largest absolute Gasteiger partial charge is 0.374 e. The predicted octanol–water partition coefficient (Wildman–Crippen LogP) is 4.18. The average molecular weight is 351 g/mol. The Balaban J connectivity index is 1.50. The minimum atomic E-state index is -0.275. The van der Waals surface area contributed by atoms with Gasteiger partial charge in [0, 0.05) is 31.0 Å². The van der Waals surface area contributed by atoms with Crippen LogP contribution in [0.15, 0.2) is 54.6 Å². The Morgan fingerprint density at radius 3 is 2.27 bits per heavy atom. The molecule has 0 spiro atoms. The highest BCUT2D eigenvalue weighted by Gasteiger charge is 2.13. The normalized spacial score (nSPS) is 15.8. The number of nitrogens with zero attached hydrogens (tertiary/aromatic N) is 1. The topological polar surface area (TPSA) is 44.4 Å². The van der Waals surface area contributed by atoms with Gasteiger partial charge in [-0.3, -0.25) is 4.79 Å². The van der Waals surface area contributed by atoms with Crippen molar-refractivity contribution in [2.45, 2.75) is 45.2 Å². The van der Waals surface area contributed by atoms with Crippen LogP contribution >= 0.6 is 0 Å². The molecule has 2 aromatic carbocycles. The molecule has 4 heteroatoms. The smallest absolute Gasteiger partial charge is 0.242 e. The van der Waals surface area contributed by atoms with Crippen LogP contribution in [0.5, 0.6) is 0 Å². The molecule has 1 amide bonds. The first-order valence-electron chi connectivity index (χ1n) is 9.65. The highest BCUT2D eigenvalue weighted by atomic mass is 16.2. The summed E-state index contributed by atoms with van der Waals surface area (Å²) in [5.74, 6) is 0.00504. The van der Waals surface area contributed by atoms with Crippen molar-refractivity contribution >= 4 is 17.3 Å². The fourth-order valence-corrected chi connectivity index (χ4v) is 3.35. The minimum Gasteiger partial charge on any atom is -0.374 e. The van der Waals surface area contributed by atoms with E-state index in [4.69, 9.17) is 0 Å². The van der Waals surface area contributed by atoms with Crippen molar-refractivity contribution in [3.05, 3.63) is 60.2 Å². The maximum atomic E-state index is 12.3. The van der Waals surface area contributed by atoms with Crippen molar-refractivity contribution in [2.75, 3.05) is 23.3 Å². The Morgan fingerprint density at radius 2 is 1.62 bits per heavy atom. The van der Waals surface area contributed by atoms with Crippen molar-refractivity contribution in [3.63, 3.8) is 0 Å². The van der Waals surface area contributed by atoms with E-state index in [0.717, 1.165) is 24.3 Å². The molecule has 0 bridgehead atoms. The van der Waals surface area contributed by atoms with Crippen LogP contribution in [0.1, 0.15) is 38.2 Å². The zero-order valence-corrected chi connectivity index (χ0v) is 15.6. The molecule has 0 saturated carbocycles. The van der Waals surface area contributed by atoms with Crippen LogP contribution < -0.4 is 15.5 Å². The van der Waals surface area contributed by atoms with Gasteiger partial charge in [0.1, 0.15) is 6.04 Å². The lowest BCUT2D eigenvalue weighted by atomic mass is 10.2.